The van der Waals surface area contributed by atoms with Crippen LogP contribution in [0.2, 0.25) is 0 Å². The summed E-state index contributed by atoms with van der Waals surface area (Å²) in [5.41, 5.74) is 0. The van der Waals surface area contributed by atoms with Gasteiger partial charge in [0.05, 0.1) is 27.1 Å². The highest BCUT2D eigenvalue weighted by Crippen LogP contribution is 2.01. The Morgan fingerprint density at radius 1 is 1.00 bits per heavy atom. The average molecular weight is 288 g/mol. The average Bonchev–Trinajstić information content (AvgIpc) is 2.44. The highest BCUT2D eigenvalue weighted by Gasteiger charge is 2.11. The molecule has 0 saturated heterocycles. The number of methoxy groups -OCH3 is 2. The van der Waals surface area contributed by atoms with Crippen LogP contribution in [0, 0.1) is 0 Å². The predicted molar refractivity (Wildman–Crippen MR) is 77.5 cm³/mol. The molecule has 0 rings (SSSR count). The van der Waals surface area contributed by atoms with Gasteiger partial charge in [-0.25, -0.2) is 0 Å². The van der Waals surface area contributed by atoms with Gasteiger partial charge < -0.3 is 19.7 Å². The van der Waals surface area contributed by atoms with Gasteiger partial charge in [-0.1, -0.05) is 0 Å². The Labute approximate surface area is 121 Å². The Kier molecular flexibility index (Phi) is 11.0. The summed E-state index contributed by atoms with van der Waals surface area (Å²) in [6.45, 7) is 7.34. The van der Waals surface area contributed by atoms with Crippen molar-refractivity contribution in [1.82, 2.24) is 10.2 Å². The maximum atomic E-state index is 11.1. The largest absolute Gasteiger partial charge is 0.469 e. The normalized spacial score (nSPS) is 10.9. The lowest BCUT2D eigenvalue weighted by Crippen LogP contribution is -2.35. The minimum Gasteiger partial charge on any atom is -0.469 e. The summed E-state index contributed by atoms with van der Waals surface area (Å²) in [6, 6.07) is 0.398. The lowest BCUT2D eigenvalue weighted by molar-refractivity contribution is -0.141. The second-order valence-electron chi connectivity index (χ2n) is 4.89. The minimum atomic E-state index is -0.195. The number of hydrogen-bond donors (Lipinski definition) is 1. The number of esters is 2. The van der Waals surface area contributed by atoms with Crippen molar-refractivity contribution >= 4 is 11.9 Å². The Hall–Kier alpha value is -1.14. The van der Waals surface area contributed by atoms with Gasteiger partial charge in [-0.3, -0.25) is 9.59 Å². The van der Waals surface area contributed by atoms with Gasteiger partial charge in [0.25, 0.3) is 0 Å². The quantitative estimate of drug-likeness (QED) is 0.448. The summed E-state index contributed by atoms with van der Waals surface area (Å²) in [4.78, 5) is 24.3. The Morgan fingerprint density at radius 2 is 1.60 bits per heavy atom. The van der Waals surface area contributed by atoms with E-state index < -0.39 is 0 Å². The molecule has 1 N–H and O–H groups in total. The molecule has 118 valence electrons. The van der Waals surface area contributed by atoms with Crippen molar-refractivity contribution in [2.45, 2.75) is 39.2 Å². The molecule has 0 amide bonds. The van der Waals surface area contributed by atoms with E-state index >= 15 is 0 Å². The fraction of sp³-hybridized carbons (Fsp3) is 0.857. The van der Waals surface area contributed by atoms with Gasteiger partial charge in [-0.05, 0) is 33.4 Å². The second kappa shape index (κ2) is 11.7. The molecule has 0 aromatic heterocycles. The fourth-order valence-electron chi connectivity index (χ4n) is 1.79. The van der Waals surface area contributed by atoms with Crippen LogP contribution in [0.3, 0.4) is 0 Å². The molecule has 0 saturated carbocycles. The molecule has 0 aromatic carbocycles. The molecule has 0 heterocycles. The summed E-state index contributed by atoms with van der Waals surface area (Å²) >= 11 is 0. The van der Waals surface area contributed by atoms with Crippen molar-refractivity contribution in [3.8, 4) is 0 Å². The Bertz CT molecular complexity index is 282. The van der Waals surface area contributed by atoms with E-state index in [1.165, 1.54) is 14.2 Å². The van der Waals surface area contributed by atoms with Crippen molar-refractivity contribution < 1.29 is 19.1 Å². The number of ether oxygens (including phenoxy) is 2. The third-order valence-corrected chi connectivity index (χ3v) is 3.09. The first-order valence-corrected chi connectivity index (χ1v) is 7.09. The van der Waals surface area contributed by atoms with Crippen LogP contribution in [-0.2, 0) is 19.1 Å². The molecule has 0 radical (unpaired) electrons. The van der Waals surface area contributed by atoms with Crippen molar-refractivity contribution in [2.24, 2.45) is 0 Å². The number of hydrogen-bond acceptors (Lipinski definition) is 6. The van der Waals surface area contributed by atoms with Gasteiger partial charge in [0.2, 0.25) is 0 Å². The number of nitrogens with one attached hydrogen (secondary N) is 1. The summed E-state index contributed by atoms with van der Waals surface area (Å²) in [6.07, 6.45) is 1.79. The third kappa shape index (κ3) is 9.75. The first-order chi connectivity index (χ1) is 9.51. The minimum absolute atomic E-state index is 0.174. The first-order valence-electron chi connectivity index (χ1n) is 7.09. The molecule has 0 aromatic rings. The first kappa shape index (κ1) is 18.9. The van der Waals surface area contributed by atoms with E-state index in [1.807, 2.05) is 0 Å². The maximum Gasteiger partial charge on any atom is 0.306 e. The van der Waals surface area contributed by atoms with E-state index in [2.05, 4.69) is 33.5 Å². The van der Waals surface area contributed by atoms with Gasteiger partial charge in [0, 0.05) is 19.1 Å². The number of carbonyl (C=O) groups is 2. The van der Waals surface area contributed by atoms with Crippen LogP contribution in [0.1, 0.15) is 33.1 Å². The van der Waals surface area contributed by atoms with E-state index in [0.29, 0.717) is 32.0 Å². The zero-order valence-electron chi connectivity index (χ0n) is 13.1. The summed E-state index contributed by atoms with van der Waals surface area (Å²) in [5, 5.41) is 3.20. The van der Waals surface area contributed by atoms with Gasteiger partial charge >= 0.3 is 11.9 Å². The lowest BCUT2D eigenvalue weighted by Gasteiger charge is -2.26. The van der Waals surface area contributed by atoms with Gasteiger partial charge in [0.15, 0.2) is 0 Å². The SMILES string of the molecule is COC(=O)CCNCCCN(CCC(=O)OC)C(C)C. The molecule has 0 aliphatic rings. The molecule has 0 aliphatic carbocycles. The maximum absolute atomic E-state index is 11.1. The second-order valence-corrected chi connectivity index (χ2v) is 4.89. The molecule has 6 heteroatoms. The smallest absolute Gasteiger partial charge is 0.306 e. The van der Waals surface area contributed by atoms with Crippen LogP contribution in [0.5, 0.6) is 0 Å². The third-order valence-electron chi connectivity index (χ3n) is 3.09. The lowest BCUT2D eigenvalue weighted by atomic mass is 10.2. The van der Waals surface area contributed by atoms with Crippen molar-refractivity contribution in [1.29, 1.82) is 0 Å². The van der Waals surface area contributed by atoms with Gasteiger partial charge in [-0.15, -0.1) is 0 Å². The van der Waals surface area contributed by atoms with Crippen LogP contribution in [0.25, 0.3) is 0 Å². The van der Waals surface area contributed by atoms with Crippen LogP contribution in [0.4, 0.5) is 0 Å². The number of carbonyl (C=O) groups excluding carboxylic acids is 2. The summed E-state index contributed by atoms with van der Waals surface area (Å²) in [5.74, 6) is -0.369. The molecule has 0 aliphatic heterocycles. The fourth-order valence-corrected chi connectivity index (χ4v) is 1.79. The van der Waals surface area contributed by atoms with E-state index in [0.717, 1.165) is 19.5 Å². The highest BCUT2D eigenvalue weighted by atomic mass is 16.5. The molecule has 0 atom stereocenters. The highest BCUT2D eigenvalue weighted by molar-refractivity contribution is 5.69. The monoisotopic (exact) mass is 288 g/mol. The zero-order valence-corrected chi connectivity index (χ0v) is 13.1. The van der Waals surface area contributed by atoms with Crippen LogP contribution < -0.4 is 5.32 Å². The standard InChI is InChI=1S/C14H28N2O4/c1-12(2)16(11-7-14(18)20-4)10-5-8-15-9-6-13(17)19-3/h12,15H,5-11H2,1-4H3. The van der Waals surface area contributed by atoms with Gasteiger partial charge in [-0.2, -0.15) is 0 Å². The predicted octanol–water partition coefficient (Wildman–Crippen LogP) is 0.803. The molecule has 20 heavy (non-hydrogen) atoms. The Balaban J connectivity index is 3.70. The molecular weight excluding hydrogens is 260 g/mol. The summed E-state index contributed by atoms with van der Waals surface area (Å²) < 4.78 is 9.21. The van der Waals surface area contributed by atoms with E-state index in [1.54, 1.807) is 0 Å². The van der Waals surface area contributed by atoms with Gasteiger partial charge in [0.1, 0.15) is 0 Å². The molecule has 0 fully saturated rings. The van der Waals surface area contributed by atoms with E-state index in [9.17, 15) is 9.59 Å². The van der Waals surface area contributed by atoms with Crippen LogP contribution in [-0.4, -0.2) is 63.3 Å². The topological polar surface area (TPSA) is 67.9 Å². The van der Waals surface area contributed by atoms with Crippen molar-refractivity contribution in [3.63, 3.8) is 0 Å². The molecule has 6 nitrogen and oxygen atoms in total. The van der Waals surface area contributed by atoms with Crippen LogP contribution in [0.15, 0.2) is 0 Å². The zero-order chi connectivity index (χ0) is 15.4. The molecular formula is C14H28N2O4. The molecule has 0 bridgehead atoms. The molecule has 0 unspecified atom stereocenters. The number of nitrogens with zero attached hydrogens (tertiary/aromatic N) is 1. The Morgan fingerprint density at radius 3 is 2.15 bits per heavy atom. The van der Waals surface area contributed by atoms with Crippen molar-refractivity contribution in [3.05, 3.63) is 0 Å². The summed E-state index contributed by atoms with van der Waals surface area (Å²) in [7, 11) is 2.80. The number of rotatable bonds is 11. The van der Waals surface area contributed by atoms with Crippen LogP contribution >= 0.6 is 0 Å². The van der Waals surface area contributed by atoms with E-state index in [-0.39, 0.29) is 11.9 Å². The van der Waals surface area contributed by atoms with Crippen molar-refractivity contribution in [2.75, 3.05) is 40.4 Å². The van der Waals surface area contributed by atoms with E-state index in [4.69, 9.17) is 0 Å². The molecule has 0 spiro atoms.